The van der Waals surface area contributed by atoms with Crippen molar-refractivity contribution in [1.82, 2.24) is 42.5 Å². The highest BCUT2D eigenvalue weighted by molar-refractivity contribution is 5.99. The number of carbonyl (C=O) groups is 11. The van der Waals surface area contributed by atoms with E-state index in [1.165, 1.54) is 6.92 Å². The number of hydrogen-bond acceptors (Lipinski definition) is 13. The van der Waals surface area contributed by atoms with Gasteiger partial charge in [-0.1, -0.05) is 119 Å². The Labute approximate surface area is 423 Å². The molecule has 0 aromatic carbocycles. The van der Waals surface area contributed by atoms with Crippen molar-refractivity contribution >= 4 is 65.1 Å². The fourth-order valence-corrected chi connectivity index (χ4v) is 7.52. The first-order valence-corrected chi connectivity index (χ1v) is 25.2. The highest BCUT2D eigenvalue weighted by atomic mass is 16.4. The number of primary amides is 1. The minimum absolute atomic E-state index is 0.0169. The molecular formula is C48H85N9O15. The molecule has 0 unspecified atom stereocenters. The second-order valence-corrected chi connectivity index (χ2v) is 19.0. The number of hydrogen-bond donors (Lipinski definition) is 13. The van der Waals surface area contributed by atoms with Crippen molar-refractivity contribution in [2.24, 2.45) is 17.6 Å². The van der Waals surface area contributed by atoms with Gasteiger partial charge in [0.2, 0.25) is 53.2 Å². The smallest absolute Gasteiger partial charge is 0.305 e. The molecule has 0 fully saturated rings. The first kappa shape index (κ1) is 66.1. The molecule has 0 bridgehead atoms. The van der Waals surface area contributed by atoms with E-state index in [9.17, 15) is 73.2 Å². The summed E-state index contributed by atoms with van der Waals surface area (Å²) >= 11 is 0. The summed E-state index contributed by atoms with van der Waals surface area (Å²) < 4.78 is 0. The fourth-order valence-electron chi connectivity index (χ4n) is 7.52. The van der Waals surface area contributed by atoms with Crippen LogP contribution in [0.15, 0.2) is 0 Å². The maximum Gasteiger partial charge on any atom is 0.305 e. The van der Waals surface area contributed by atoms with E-state index in [-0.39, 0.29) is 37.5 Å². The Morgan fingerprint density at radius 2 is 0.667 bits per heavy atom. The molecule has 24 heteroatoms. The maximum atomic E-state index is 13.8. The average molecular weight is 1030 g/mol. The van der Waals surface area contributed by atoms with E-state index < -0.39 is 139 Å². The molecule has 0 saturated carbocycles. The summed E-state index contributed by atoms with van der Waals surface area (Å²) in [5.74, 6) is -12.1. The molecule has 0 aliphatic rings. The Hall–Kier alpha value is -5.91. The van der Waals surface area contributed by atoms with Crippen molar-refractivity contribution in [1.29, 1.82) is 0 Å². The van der Waals surface area contributed by atoms with Gasteiger partial charge in [0.05, 0.1) is 26.1 Å². The van der Waals surface area contributed by atoms with Crippen LogP contribution in [0.3, 0.4) is 0 Å². The molecule has 0 aliphatic carbocycles. The zero-order valence-electron chi connectivity index (χ0n) is 43.3. The zero-order valence-corrected chi connectivity index (χ0v) is 43.3. The van der Waals surface area contributed by atoms with Crippen molar-refractivity contribution in [2.45, 2.75) is 212 Å². The minimum atomic E-state index is -1.84. The number of rotatable bonds is 40. The number of amides is 9. The molecule has 0 saturated heterocycles. The van der Waals surface area contributed by atoms with Crippen LogP contribution in [-0.2, 0) is 52.7 Å². The average Bonchev–Trinajstić information content (AvgIpc) is 3.29. The zero-order chi connectivity index (χ0) is 54.9. The first-order chi connectivity index (χ1) is 33.9. The monoisotopic (exact) mass is 1030 g/mol. The van der Waals surface area contributed by atoms with Crippen molar-refractivity contribution < 1.29 is 73.2 Å². The highest BCUT2D eigenvalue weighted by Gasteiger charge is 2.35. The third-order valence-corrected chi connectivity index (χ3v) is 11.4. The molecule has 412 valence electrons. The molecule has 0 rings (SSSR count). The van der Waals surface area contributed by atoms with E-state index in [0.29, 0.717) is 19.3 Å². The molecule has 8 atom stereocenters. The molecule has 9 amide bonds. The Balaban J connectivity index is 6.31. The van der Waals surface area contributed by atoms with Crippen LogP contribution < -0.4 is 48.3 Å². The second-order valence-electron chi connectivity index (χ2n) is 19.0. The summed E-state index contributed by atoms with van der Waals surface area (Å²) in [5, 5.41) is 58.5. The van der Waals surface area contributed by atoms with Gasteiger partial charge in [0.1, 0.15) is 48.3 Å². The van der Waals surface area contributed by atoms with Crippen LogP contribution in [0.5, 0.6) is 0 Å². The summed E-state index contributed by atoms with van der Waals surface area (Å²) in [5.41, 5.74) is 5.30. The van der Waals surface area contributed by atoms with Crippen LogP contribution in [0.1, 0.15) is 164 Å². The topological polar surface area (TPSA) is 391 Å². The standard InChI is InChI=1S/C48H85N9O15/c1-8-10-12-14-16-18-20-31(50-30(7)60)42(66)56-37(26-58)47(71)54-35(23-29(5)6)45(69)57-38(27-59)48(72)53-34(22-28(3)4)44(68)55-36(25-40(63)64)46(70)51-32(21-19-17-15-13-11-9-2)43(67)52-33(41(49)65)24-39(61)62/h28-29,31-38,58-59H,8-27H2,1-7H3,(H2,49,65)(H,50,60)(H,51,70)(H,52,67)(H,53,72)(H,54,71)(H,55,68)(H,56,66)(H,57,69)(H,61,62)(H,63,64)/t31-,32-,33-,34-,35-,36-,37-,38-/m0/s1. The summed E-state index contributed by atoms with van der Waals surface area (Å²) in [6.45, 7) is 10.3. The SMILES string of the molecule is CCCCCCCC[C@H](NC(C)=O)C(=O)N[C@@H](CO)C(=O)N[C@@H](CC(C)C)C(=O)N[C@@H](CO)C(=O)N[C@@H](CC(C)C)C(=O)N[C@@H](CC(=O)O)C(=O)N[C@@H](CCCCCCCC)C(=O)N[C@@H](CC(=O)O)C(N)=O. The molecule has 0 aliphatic heterocycles. The van der Waals surface area contributed by atoms with Gasteiger partial charge in [-0.3, -0.25) is 52.7 Å². The number of carboxylic acids is 2. The van der Waals surface area contributed by atoms with Crippen molar-refractivity contribution in [3.05, 3.63) is 0 Å². The molecule has 0 aromatic heterocycles. The number of carboxylic acid groups (broad SMARTS) is 2. The van der Waals surface area contributed by atoms with Gasteiger partial charge in [-0.25, -0.2) is 0 Å². The van der Waals surface area contributed by atoms with Gasteiger partial charge in [0, 0.05) is 6.92 Å². The van der Waals surface area contributed by atoms with Crippen LogP contribution in [0, 0.1) is 11.8 Å². The van der Waals surface area contributed by atoms with Crippen LogP contribution >= 0.6 is 0 Å². The van der Waals surface area contributed by atoms with Crippen LogP contribution in [0.4, 0.5) is 0 Å². The van der Waals surface area contributed by atoms with Crippen molar-refractivity contribution in [2.75, 3.05) is 13.2 Å². The predicted molar refractivity (Wildman–Crippen MR) is 264 cm³/mol. The number of aliphatic hydroxyl groups is 2. The minimum Gasteiger partial charge on any atom is -0.481 e. The Morgan fingerprint density at radius 3 is 1.01 bits per heavy atom. The lowest BCUT2D eigenvalue weighted by Gasteiger charge is -2.28. The van der Waals surface area contributed by atoms with E-state index in [4.69, 9.17) is 5.73 Å². The van der Waals surface area contributed by atoms with Crippen molar-refractivity contribution in [3.8, 4) is 0 Å². The van der Waals surface area contributed by atoms with Gasteiger partial charge in [-0.05, 0) is 37.5 Å². The van der Waals surface area contributed by atoms with E-state index in [0.717, 1.165) is 57.8 Å². The quantitative estimate of drug-likeness (QED) is 0.0357. The summed E-state index contributed by atoms with van der Waals surface area (Å²) in [6.07, 6.45) is 8.47. The number of carbonyl (C=O) groups excluding carboxylic acids is 9. The fraction of sp³-hybridized carbons (Fsp3) is 0.771. The Morgan fingerprint density at radius 1 is 0.389 bits per heavy atom. The molecule has 72 heavy (non-hydrogen) atoms. The lowest BCUT2D eigenvalue weighted by atomic mass is 10.0. The molecule has 0 spiro atoms. The molecule has 0 aromatic rings. The molecule has 0 radical (unpaired) electrons. The molecular weight excluding hydrogens is 943 g/mol. The molecule has 0 heterocycles. The summed E-state index contributed by atoms with van der Waals surface area (Å²) in [6, 6.07) is -12.1. The number of nitrogens with one attached hydrogen (secondary N) is 8. The van der Waals surface area contributed by atoms with E-state index in [2.05, 4.69) is 49.5 Å². The van der Waals surface area contributed by atoms with Gasteiger partial charge in [0.15, 0.2) is 0 Å². The highest BCUT2D eigenvalue weighted by Crippen LogP contribution is 2.13. The predicted octanol–water partition coefficient (Wildman–Crippen LogP) is -0.103. The molecule has 24 nitrogen and oxygen atoms in total. The van der Waals surface area contributed by atoms with Crippen LogP contribution in [-0.4, -0.2) is 147 Å². The van der Waals surface area contributed by atoms with Crippen molar-refractivity contribution in [3.63, 3.8) is 0 Å². The van der Waals surface area contributed by atoms with Crippen LogP contribution in [0.2, 0.25) is 0 Å². The second kappa shape index (κ2) is 36.9. The number of nitrogens with two attached hydrogens (primary N) is 1. The van der Waals surface area contributed by atoms with Gasteiger partial charge >= 0.3 is 11.9 Å². The number of unbranched alkanes of at least 4 members (excludes halogenated alkanes) is 10. The van der Waals surface area contributed by atoms with Gasteiger partial charge in [-0.2, -0.15) is 0 Å². The normalized spacial score (nSPS) is 14.5. The van der Waals surface area contributed by atoms with Crippen LogP contribution in [0.25, 0.3) is 0 Å². The molecule has 14 N–H and O–H groups in total. The summed E-state index contributed by atoms with van der Waals surface area (Å²) in [7, 11) is 0. The Bertz CT molecular complexity index is 1770. The number of aliphatic carboxylic acids is 2. The van der Waals surface area contributed by atoms with E-state index >= 15 is 0 Å². The number of aliphatic hydroxyl groups excluding tert-OH is 2. The third-order valence-electron chi connectivity index (χ3n) is 11.4. The Kier molecular flexibility index (Phi) is 33.9. The first-order valence-electron chi connectivity index (χ1n) is 25.2. The maximum absolute atomic E-state index is 13.8. The third kappa shape index (κ3) is 28.8. The van der Waals surface area contributed by atoms with E-state index in [1.54, 1.807) is 27.7 Å². The largest absolute Gasteiger partial charge is 0.481 e. The van der Waals surface area contributed by atoms with Gasteiger partial charge < -0.3 is 68.7 Å². The van der Waals surface area contributed by atoms with Gasteiger partial charge in [0.25, 0.3) is 0 Å². The summed E-state index contributed by atoms with van der Waals surface area (Å²) in [4.78, 5) is 142. The lowest BCUT2D eigenvalue weighted by molar-refractivity contribution is -0.142. The van der Waals surface area contributed by atoms with E-state index in [1.807, 2.05) is 6.92 Å². The lowest BCUT2D eigenvalue weighted by Crippen LogP contribution is -2.61. The van der Waals surface area contributed by atoms with Gasteiger partial charge in [-0.15, -0.1) is 0 Å².